The van der Waals surface area contributed by atoms with E-state index in [9.17, 15) is 9.59 Å². The average Bonchev–Trinajstić information content (AvgIpc) is 2.67. The van der Waals surface area contributed by atoms with Crippen molar-refractivity contribution in [2.45, 2.75) is 44.9 Å². The molecule has 3 atom stereocenters. The molecule has 1 aliphatic heterocycles. The molecule has 27 heavy (non-hydrogen) atoms. The Labute approximate surface area is 159 Å². The van der Waals surface area contributed by atoms with E-state index in [1.807, 2.05) is 49.4 Å². The van der Waals surface area contributed by atoms with E-state index in [0.717, 1.165) is 23.1 Å². The molecule has 5 heteroatoms. The fraction of sp³-hybridized carbons (Fsp3) is 0.364. The maximum Gasteiger partial charge on any atom is 0.337 e. The second-order valence-electron chi connectivity index (χ2n) is 6.96. The number of hydrogen-bond acceptors (Lipinski definition) is 4. The van der Waals surface area contributed by atoms with Crippen molar-refractivity contribution < 1.29 is 19.1 Å². The van der Waals surface area contributed by atoms with Crippen LogP contribution in [0.3, 0.4) is 0 Å². The molecule has 0 radical (unpaired) electrons. The molecule has 2 aromatic rings. The third kappa shape index (κ3) is 4.55. The minimum atomic E-state index is -0.370. The van der Waals surface area contributed by atoms with Crippen LogP contribution in [0.5, 0.6) is 0 Å². The number of methoxy groups -OCH3 is 1. The Hall–Kier alpha value is -2.66. The summed E-state index contributed by atoms with van der Waals surface area (Å²) in [6, 6.07) is 15.5. The van der Waals surface area contributed by atoms with E-state index in [4.69, 9.17) is 9.47 Å². The number of amides is 1. The maximum atomic E-state index is 11.9. The van der Waals surface area contributed by atoms with Crippen LogP contribution in [0.25, 0.3) is 0 Å². The lowest BCUT2D eigenvalue weighted by Gasteiger charge is -2.37. The van der Waals surface area contributed by atoms with Gasteiger partial charge in [-0.3, -0.25) is 4.79 Å². The molecule has 3 rings (SSSR count). The van der Waals surface area contributed by atoms with E-state index < -0.39 is 0 Å². The molecular formula is C22H25NO4. The quantitative estimate of drug-likeness (QED) is 0.833. The molecule has 1 N–H and O–H groups in total. The SMILES string of the molecule is COC(=O)c1ccc(C)c([C@H]2C[C@@H](NC(C)=O)C[C@@H](c3ccccc3)O2)c1. The number of ether oxygens (including phenoxy) is 2. The zero-order chi connectivity index (χ0) is 19.4. The summed E-state index contributed by atoms with van der Waals surface area (Å²) in [7, 11) is 1.37. The summed E-state index contributed by atoms with van der Waals surface area (Å²) in [5.74, 6) is -0.419. The normalized spacial score (nSPS) is 22.1. The molecule has 1 aliphatic rings. The van der Waals surface area contributed by atoms with Crippen molar-refractivity contribution in [1.82, 2.24) is 5.32 Å². The molecule has 0 spiro atoms. The molecule has 0 aromatic heterocycles. The lowest BCUT2D eigenvalue weighted by molar-refractivity contribution is -0.122. The zero-order valence-electron chi connectivity index (χ0n) is 15.9. The summed E-state index contributed by atoms with van der Waals surface area (Å²) in [5.41, 5.74) is 3.58. The molecular weight excluding hydrogens is 342 g/mol. The highest BCUT2D eigenvalue weighted by molar-refractivity contribution is 5.89. The summed E-state index contributed by atoms with van der Waals surface area (Å²) in [6.45, 7) is 3.53. The van der Waals surface area contributed by atoms with Crippen LogP contribution in [0.4, 0.5) is 0 Å². The predicted octanol–water partition coefficient (Wildman–Crippen LogP) is 3.88. The average molecular weight is 367 g/mol. The van der Waals surface area contributed by atoms with Crippen LogP contribution in [0.2, 0.25) is 0 Å². The largest absolute Gasteiger partial charge is 0.465 e. The minimum absolute atomic E-state index is 0.00707. The van der Waals surface area contributed by atoms with Crippen LogP contribution in [0, 0.1) is 6.92 Å². The molecule has 2 aromatic carbocycles. The molecule has 0 aliphatic carbocycles. The second-order valence-corrected chi connectivity index (χ2v) is 6.96. The first kappa shape index (κ1) is 19.1. The van der Waals surface area contributed by atoms with Crippen molar-refractivity contribution in [3.05, 3.63) is 70.8 Å². The fourth-order valence-corrected chi connectivity index (χ4v) is 3.64. The van der Waals surface area contributed by atoms with Gasteiger partial charge < -0.3 is 14.8 Å². The van der Waals surface area contributed by atoms with Gasteiger partial charge in [0.15, 0.2) is 0 Å². The van der Waals surface area contributed by atoms with Crippen LogP contribution in [0.15, 0.2) is 48.5 Å². The number of esters is 1. The van der Waals surface area contributed by atoms with Crippen molar-refractivity contribution in [2.75, 3.05) is 7.11 Å². The van der Waals surface area contributed by atoms with Gasteiger partial charge in [0.2, 0.25) is 5.91 Å². The van der Waals surface area contributed by atoms with Gasteiger partial charge in [0.05, 0.1) is 24.9 Å². The summed E-state index contributed by atoms with van der Waals surface area (Å²) in [4.78, 5) is 23.6. The lowest BCUT2D eigenvalue weighted by atomic mass is 9.89. The number of aryl methyl sites for hydroxylation is 1. The first-order valence-electron chi connectivity index (χ1n) is 9.14. The second kappa shape index (κ2) is 8.35. The molecule has 1 fully saturated rings. The van der Waals surface area contributed by atoms with Crippen molar-refractivity contribution in [2.24, 2.45) is 0 Å². The van der Waals surface area contributed by atoms with Crippen LogP contribution in [-0.4, -0.2) is 25.0 Å². The summed E-state index contributed by atoms with van der Waals surface area (Å²) in [6.07, 6.45) is 1.04. The Balaban J connectivity index is 1.93. The first-order valence-corrected chi connectivity index (χ1v) is 9.14. The number of hydrogen-bond donors (Lipinski definition) is 1. The van der Waals surface area contributed by atoms with Gasteiger partial charge in [-0.2, -0.15) is 0 Å². The Morgan fingerprint density at radius 2 is 1.78 bits per heavy atom. The highest BCUT2D eigenvalue weighted by Crippen LogP contribution is 2.40. The standard InChI is InChI=1S/C22H25NO4/c1-14-9-10-17(22(25)26-3)11-19(14)21-13-18(23-15(2)24)12-20(27-21)16-7-5-4-6-8-16/h4-11,18,20-21H,12-13H2,1-3H3,(H,23,24)/t18-,20-,21+/m0/s1. The number of benzene rings is 2. The van der Waals surface area contributed by atoms with E-state index in [2.05, 4.69) is 5.32 Å². The highest BCUT2D eigenvalue weighted by Gasteiger charge is 2.32. The molecule has 1 saturated heterocycles. The molecule has 5 nitrogen and oxygen atoms in total. The minimum Gasteiger partial charge on any atom is -0.465 e. The molecule has 0 bridgehead atoms. The van der Waals surface area contributed by atoms with E-state index in [-0.39, 0.29) is 30.1 Å². The van der Waals surface area contributed by atoms with Gasteiger partial charge in [-0.25, -0.2) is 4.79 Å². The Kier molecular flexibility index (Phi) is 5.91. The summed E-state index contributed by atoms with van der Waals surface area (Å²) < 4.78 is 11.3. The number of nitrogens with one attached hydrogen (secondary N) is 1. The predicted molar refractivity (Wildman–Crippen MR) is 102 cm³/mol. The van der Waals surface area contributed by atoms with Crippen LogP contribution in [0.1, 0.15) is 59.0 Å². The molecule has 0 unspecified atom stereocenters. The number of carbonyl (C=O) groups is 2. The Morgan fingerprint density at radius 1 is 1.07 bits per heavy atom. The lowest BCUT2D eigenvalue weighted by Crippen LogP contribution is -2.39. The van der Waals surface area contributed by atoms with Crippen molar-refractivity contribution in [3.8, 4) is 0 Å². The van der Waals surface area contributed by atoms with Gasteiger partial charge in [0.25, 0.3) is 0 Å². The van der Waals surface area contributed by atoms with Crippen molar-refractivity contribution in [3.63, 3.8) is 0 Å². The van der Waals surface area contributed by atoms with Gasteiger partial charge in [0.1, 0.15) is 0 Å². The number of carbonyl (C=O) groups excluding carboxylic acids is 2. The first-order chi connectivity index (χ1) is 13.0. The third-order valence-electron chi connectivity index (χ3n) is 4.95. The van der Waals surface area contributed by atoms with E-state index >= 15 is 0 Å². The van der Waals surface area contributed by atoms with Gasteiger partial charge in [-0.05, 0) is 48.6 Å². The van der Waals surface area contributed by atoms with Gasteiger partial charge >= 0.3 is 5.97 Å². The fourth-order valence-electron chi connectivity index (χ4n) is 3.64. The highest BCUT2D eigenvalue weighted by atomic mass is 16.5. The van der Waals surface area contributed by atoms with Crippen LogP contribution in [-0.2, 0) is 14.3 Å². The van der Waals surface area contributed by atoms with Crippen molar-refractivity contribution >= 4 is 11.9 Å². The zero-order valence-corrected chi connectivity index (χ0v) is 15.9. The van der Waals surface area contributed by atoms with E-state index in [1.54, 1.807) is 6.07 Å². The van der Waals surface area contributed by atoms with Crippen LogP contribution < -0.4 is 5.32 Å². The Morgan fingerprint density at radius 3 is 2.44 bits per heavy atom. The third-order valence-corrected chi connectivity index (χ3v) is 4.95. The molecule has 0 saturated carbocycles. The van der Waals surface area contributed by atoms with E-state index in [0.29, 0.717) is 12.0 Å². The summed E-state index contributed by atoms with van der Waals surface area (Å²) >= 11 is 0. The van der Waals surface area contributed by atoms with Crippen molar-refractivity contribution in [1.29, 1.82) is 0 Å². The summed E-state index contributed by atoms with van der Waals surface area (Å²) in [5, 5.41) is 3.04. The maximum absolute atomic E-state index is 11.9. The molecule has 1 heterocycles. The molecule has 142 valence electrons. The smallest absolute Gasteiger partial charge is 0.337 e. The number of rotatable bonds is 4. The monoisotopic (exact) mass is 367 g/mol. The van der Waals surface area contributed by atoms with E-state index in [1.165, 1.54) is 14.0 Å². The topological polar surface area (TPSA) is 64.6 Å². The van der Waals surface area contributed by atoms with Gasteiger partial charge in [0, 0.05) is 13.0 Å². The van der Waals surface area contributed by atoms with Gasteiger partial charge in [-0.1, -0.05) is 36.4 Å². The van der Waals surface area contributed by atoms with Crippen LogP contribution >= 0.6 is 0 Å². The Bertz CT molecular complexity index is 818. The van der Waals surface area contributed by atoms with Gasteiger partial charge in [-0.15, -0.1) is 0 Å². The molecule has 1 amide bonds.